The highest BCUT2D eigenvalue weighted by atomic mass is 19.1. The van der Waals surface area contributed by atoms with Crippen molar-refractivity contribution in [2.24, 2.45) is 0 Å². The molecule has 0 bridgehead atoms. The number of carboxylic acid groups (broad SMARTS) is 1. The Morgan fingerprint density at radius 2 is 2.10 bits per heavy atom. The molecule has 0 radical (unpaired) electrons. The molecule has 1 heterocycles. The van der Waals surface area contributed by atoms with E-state index in [1.807, 2.05) is 0 Å². The molecule has 1 fully saturated rings. The maximum absolute atomic E-state index is 13.3. The van der Waals surface area contributed by atoms with E-state index in [9.17, 15) is 19.1 Å². The Morgan fingerprint density at radius 3 is 2.75 bits per heavy atom. The third-order valence-electron chi connectivity index (χ3n) is 3.07. The normalized spacial score (nSPS) is 21.8. The second kappa shape index (κ2) is 5.87. The van der Waals surface area contributed by atoms with Crippen molar-refractivity contribution >= 4 is 11.9 Å². The number of nitrogens with zero attached hydrogens (tertiary/aromatic N) is 1. The van der Waals surface area contributed by atoms with Crippen molar-refractivity contribution < 1.29 is 28.9 Å². The van der Waals surface area contributed by atoms with Crippen molar-refractivity contribution in [2.75, 3.05) is 13.2 Å². The molecule has 0 aromatic heterocycles. The number of likely N-dealkylation sites (tertiary alicyclic amines) is 1. The number of para-hydroxylation sites is 1. The lowest BCUT2D eigenvalue weighted by atomic mass is 10.2. The molecule has 1 saturated heterocycles. The topological polar surface area (TPSA) is 87.1 Å². The highest BCUT2D eigenvalue weighted by molar-refractivity contribution is 5.85. The van der Waals surface area contributed by atoms with Crippen LogP contribution in [0.1, 0.15) is 6.42 Å². The van der Waals surface area contributed by atoms with E-state index in [4.69, 9.17) is 9.84 Å². The number of amides is 1. The van der Waals surface area contributed by atoms with E-state index < -0.39 is 36.4 Å². The van der Waals surface area contributed by atoms with Crippen LogP contribution in [0.15, 0.2) is 24.3 Å². The van der Waals surface area contributed by atoms with Gasteiger partial charge in [-0.3, -0.25) is 4.79 Å². The van der Waals surface area contributed by atoms with Crippen molar-refractivity contribution in [3.8, 4) is 5.75 Å². The molecular weight excluding hydrogens is 269 g/mol. The van der Waals surface area contributed by atoms with Gasteiger partial charge in [0.15, 0.2) is 18.2 Å². The van der Waals surface area contributed by atoms with Crippen molar-refractivity contribution in [1.82, 2.24) is 4.90 Å². The molecule has 1 aromatic rings. The lowest BCUT2D eigenvalue weighted by Crippen LogP contribution is -2.43. The number of rotatable bonds is 4. The summed E-state index contributed by atoms with van der Waals surface area (Å²) in [6, 6.07) is 4.54. The lowest BCUT2D eigenvalue weighted by Gasteiger charge is -2.21. The predicted molar refractivity (Wildman–Crippen MR) is 65.7 cm³/mol. The van der Waals surface area contributed by atoms with Crippen LogP contribution >= 0.6 is 0 Å². The van der Waals surface area contributed by atoms with Crippen LogP contribution in [0.25, 0.3) is 0 Å². The zero-order valence-electron chi connectivity index (χ0n) is 10.5. The summed E-state index contributed by atoms with van der Waals surface area (Å²) < 4.78 is 18.3. The minimum absolute atomic E-state index is 0.0131. The van der Waals surface area contributed by atoms with Crippen LogP contribution in [0.3, 0.4) is 0 Å². The molecule has 0 saturated carbocycles. The first-order chi connectivity index (χ1) is 9.49. The van der Waals surface area contributed by atoms with Crippen molar-refractivity contribution in [3.63, 3.8) is 0 Å². The molecule has 1 unspecified atom stereocenters. The lowest BCUT2D eigenvalue weighted by molar-refractivity contribution is -0.149. The first kappa shape index (κ1) is 14.3. The highest BCUT2D eigenvalue weighted by Gasteiger charge is 2.38. The average molecular weight is 283 g/mol. The highest BCUT2D eigenvalue weighted by Crippen LogP contribution is 2.20. The molecule has 2 rings (SSSR count). The van der Waals surface area contributed by atoms with Crippen LogP contribution in [-0.2, 0) is 9.59 Å². The molecule has 0 aliphatic carbocycles. The van der Waals surface area contributed by atoms with E-state index in [0.29, 0.717) is 0 Å². The number of halogens is 1. The fraction of sp³-hybridized carbons (Fsp3) is 0.385. The molecule has 2 atom stereocenters. The van der Waals surface area contributed by atoms with Crippen LogP contribution in [0.5, 0.6) is 5.75 Å². The van der Waals surface area contributed by atoms with Crippen LogP contribution < -0.4 is 4.74 Å². The monoisotopic (exact) mass is 283 g/mol. The Balaban J connectivity index is 1.98. The number of carbonyl (C=O) groups excluding carboxylic acids is 1. The molecule has 1 amide bonds. The number of aliphatic carboxylic acids is 1. The zero-order valence-corrected chi connectivity index (χ0v) is 10.5. The molecule has 20 heavy (non-hydrogen) atoms. The van der Waals surface area contributed by atoms with E-state index in [1.165, 1.54) is 18.2 Å². The van der Waals surface area contributed by atoms with E-state index in [1.54, 1.807) is 6.07 Å². The van der Waals surface area contributed by atoms with E-state index in [2.05, 4.69) is 0 Å². The van der Waals surface area contributed by atoms with Gasteiger partial charge in [0, 0.05) is 13.0 Å². The smallest absolute Gasteiger partial charge is 0.326 e. The van der Waals surface area contributed by atoms with Gasteiger partial charge in [-0.25, -0.2) is 9.18 Å². The minimum atomic E-state index is -1.18. The van der Waals surface area contributed by atoms with Gasteiger partial charge in [-0.15, -0.1) is 0 Å². The summed E-state index contributed by atoms with van der Waals surface area (Å²) in [5.74, 6) is -2.46. The number of aliphatic hydroxyl groups is 1. The zero-order chi connectivity index (χ0) is 14.7. The number of carboxylic acids is 1. The summed E-state index contributed by atoms with van der Waals surface area (Å²) in [4.78, 5) is 23.9. The minimum Gasteiger partial charge on any atom is -0.481 e. The fourth-order valence-electron chi connectivity index (χ4n) is 2.11. The van der Waals surface area contributed by atoms with Crippen molar-refractivity contribution in [1.29, 1.82) is 0 Å². The first-order valence-corrected chi connectivity index (χ1v) is 6.06. The molecule has 1 aromatic carbocycles. The summed E-state index contributed by atoms with van der Waals surface area (Å²) in [6.07, 6.45) is -0.880. The van der Waals surface area contributed by atoms with E-state index in [-0.39, 0.29) is 18.7 Å². The molecular formula is C13H14FNO5. The summed E-state index contributed by atoms with van der Waals surface area (Å²) in [7, 11) is 0. The number of hydrogen-bond acceptors (Lipinski definition) is 4. The van der Waals surface area contributed by atoms with Gasteiger partial charge in [0.05, 0.1) is 6.10 Å². The van der Waals surface area contributed by atoms with Gasteiger partial charge in [0.2, 0.25) is 0 Å². The van der Waals surface area contributed by atoms with Crippen molar-refractivity contribution in [2.45, 2.75) is 18.6 Å². The predicted octanol–water partition coefficient (Wildman–Crippen LogP) is 0.251. The van der Waals surface area contributed by atoms with Gasteiger partial charge >= 0.3 is 5.97 Å². The fourth-order valence-corrected chi connectivity index (χ4v) is 2.11. The van der Waals surface area contributed by atoms with Gasteiger partial charge in [-0.1, -0.05) is 12.1 Å². The largest absolute Gasteiger partial charge is 0.481 e. The van der Waals surface area contributed by atoms with Crippen LogP contribution in [0.4, 0.5) is 4.39 Å². The summed E-state index contributed by atoms with van der Waals surface area (Å²) >= 11 is 0. The molecule has 6 nitrogen and oxygen atoms in total. The number of benzene rings is 1. The van der Waals surface area contributed by atoms with E-state index in [0.717, 1.165) is 4.90 Å². The van der Waals surface area contributed by atoms with Crippen LogP contribution in [-0.4, -0.2) is 52.3 Å². The number of ether oxygens (including phenoxy) is 1. The van der Waals surface area contributed by atoms with E-state index >= 15 is 0 Å². The summed E-state index contributed by atoms with van der Waals surface area (Å²) in [5, 5.41) is 18.4. The standard InChI is InChI=1S/C13H14FNO5/c14-9-3-1-2-4-11(9)20-7-12(17)15-6-8(16)5-10(15)13(18)19/h1-4,8,10,16H,5-7H2,(H,18,19)/t8?,10-/m0/s1. The Labute approximate surface area is 114 Å². The molecule has 108 valence electrons. The Kier molecular flexibility index (Phi) is 4.19. The Bertz CT molecular complexity index is 521. The molecule has 2 N–H and O–H groups in total. The number of β-amino-alcohol motifs (C(OH)–C–C–N with tert-alkyl or cyclic N) is 1. The quantitative estimate of drug-likeness (QED) is 0.827. The van der Waals surface area contributed by atoms with Gasteiger partial charge in [-0.05, 0) is 12.1 Å². The van der Waals surface area contributed by atoms with Gasteiger partial charge in [0.1, 0.15) is 6.04 Å². The third-order valence-corrected chi connectivity index (χ3v) is 3.07. The Hall–Kier alpha value is -2.15. The maximum Gasteiger partial charge on any atom is 0.326 e. The van der Waals surface area contributed by atoms with Crippen LogP contribution in [0, 0.1) is 5.82 Å². The molecule has 1 aliphatic heterocycles. The average Bonchev–Trinajstić information content (AvgIpc) is 2.80. The summed E-state index contributed by atoms with van der Waals surface area (Å²) in [5.41, 5.74) is 0. The maximum atomic E-state index is 13.3. The van der Waals surface area contributed by atoms with Crippen LogP contribution in [0.2, 0.25) is 0 Å². The summed E-state index contributed by atoms with van der Waals surface area (Å²) in [6.45, 7) is -0.534. The number of aliphatic hydroxyl groups excluding tert-OH is 1. The van der Waals surface area contributed by atoms with Crippen molar-refractivity contribution in [3.05, 3.63) is 30.1 Å². The SMILES string of the molecule is O=C(O)[C@@H]1CC(O)CN1C(=O)COc1ccccc1F. The second-order valence-corrected chi connectivity index (χ2v) is 4.51. The molecule has 1 aliphatic rings. The first-order valence-electron chi connectivity index (χ1n) is 6.06. The molecule has 0 spiro atoms. The Morgan fingerprint density at radius 1 is 1.40 bits per heavy atom. The molecule has 7 heteroatoms. The van der Waals surface area contributed by atoms with Gasteiger partial charge in [0.25, 0.3) is 5.91 Å². The number of carbonyl (C=O) groups is 2. The van der Waals surface area contributed by atoms with Gasteiger partial charge < -0.3 is 19.8 Å². The third kappa shape index (κ3) is 3.05. The number of hydrogen-bond donors (Lipinski definition) is 2. The van der Waals surface area contributed by atoms with Gasteiger partial charge in [-0.2, -0.15) is 0 Å². The second-order valence-electron chi connectivity index (χ2n) is 4.51.